The molecule has 6 nitrogen and oxygen atoms in total. The number of rotatable bonds is 6. The van der Waals surface area contributed by atoms with Gasteiger partial charge in [0.15, 0.2) is 0 Å². The number of aromatic nitrogens is 2. The number of hydrogen-bond donors (Lipinski definition) is 1. The number of ether oxygens (including phenoxy) is 1. The first kappa shape index (κ1) is 16.0. The van der Waals surface area contributed by atoms with Crippen molar-refractivity contribution in [1.82, 2.24) is 14.9 Å². The second-order valence-corrected chi connectivity index (χ2v) is 5.55. The lowest BCUT2D eigenvalue weighted by Crippen LogP contribution is -2.52. The number of nitrogens with zero attached hydrogens (tertiary/aromatic N) is 4. The summed E-state index contributed by atoms with van der Waals surface area (Å²) in [5.41, 5.74) is 6.83. The smallest absolute Gasteiger partial charge is 0.228 e. The molecule has 118 valence electrons. The average Bonchev–Trinajstić information content (AvgIpc) is 2.52. The Morgan fingerprint density at radius 1 is 1.29 bits per heavy atom. The maximum absolute atomic E-state index is 5.90. The van der Waals surface area contributed by atoms with Gasteiger partial charge in [0.1, 0.15) is 0 Å². The molecule has 0 radical (unpaired) electrons. The van der Waals surface area contributed by atoms with Crippen molar-refractivity contribution < 1.29 is 4.74 Å². The van der Waals surface area contributed by atoms with Crippen LogP contribution < -0.4 is 15.4 Å². The van der Waals surface area contributed by atoms with Crippen LogP contribution in [0.25, 0.3) is 0 Å². The highest BCUT2D eigenvalue weighted by molar-refractivity contribution is 5.35. The highest BCUT2D eigenvalue weighted by Gasteiger charge is 2.24. The largest absolute Gasteiger partial charge is 0.481 e. The molecule has 0 aromatic carbocycles. The summed E-state index contributed by atoms with van der Waals surface area (Å²) >= 11 is 0. The number of nitrogens with two attached hydrogens (primary N) is 1. The van der Waals surface area contributed by atoms with E-state index in [1.165, 1.54) is 12.8 Å². The van der Waals surface area contributed by atoms with Gasteiger partial charge in [-0.1, -0.05) is 13.3 Å². The predicted octanol–water partition coefficient (Wildman–Crippen LogP) is 1.04. The molecule has 1 aromatic rings. The SMILES string of the molecule is CCCC(CN)N1CCN(c2nc(C)cc(OC)n2)CC1. The standard InChI is InChI=1S/C15H27N5O/c1-4-5-13(11-16)19-6-8-20(9-7-19)15-17-12(2)10-14(18-15)21-3/h10,13H,4-9,11,16H2,1-3H3. The summed E-state index contributed by atoms with van der Waals surface area (Å²) in [5, 5.41) is 0. The Hall–Kier alpha value is -1.40. The van der Waals surface area contributed by atoms with E-state index in [4.69, 9.17) is 10.5 Å². The third-order valence-corrected chi connectivity index (χ3v) is 4.04. The van der Waals surface area contributed by atoms with Crippen molar-refractivity contribution in [3.05, 3.63) is 11.8 Å². The van der Waals surface area contributed by atoms with Crippen molar-refractivity contribution in [1.29, 1.82) is 0 Å². The Morgan fingerprint density at radius 2 is 2.00 bits per heavy atom. The fraction of sp³-hybridized carbons (Fsp3) is 0.733. The zero-order chi connectivity index (χ0) is 15.2. The minimum atomic E-state index is 0.505. The van der Waals surface area contributed by atoms with Crippen molar-refractivity contribution in [3.63, 3.8) is 0 Å². The molecule has 1 saturated heterocycles. The summed E-state index contributed by atoms with van der Waals surface area (Å²) < 4.78 is 5.23. The molecule has 1 atom stereocenters. The van der Waals surface area contributed by atoms with Gasteiger partial charge in [-0.15, -0.1) is 0 Å². The van der Waals surface area contributed by atoms with Crippen LogP contribution in [-0.2, 0) is 0 Å². The predicted molar refractivity (Wildman–Crippen MR) is 84.9 cm³/mol. The first-order valence-corrected chi connectivity index (χ1v) is 7.76. The number of anilines is 1. The van der Waals surface area contributed by atoms with Crippen LogP contribution in [0.2, 0.25) is 0 Å². The summed E-state index contributed by atoms with van der Waals surface area (Å²) in [4.78, 5) is 13.7. The third kappa shape index (κ3) is 4.04. The van der Waals surface area contributed by atoms with Crippen molar-refractivity contribution in [2.75, 3.05) is 44.7 Å². The molecular weight excluding hydrogens is 266 g/mol. The lowest BCUT2D eigenvalue weighted by Gasteiger charge is -2.39. The van der Waals surface area contributed by atoms with Crippen LogP contribution >= 0.6 is 0 Å². The van der Waals surface area contributed by atoms with Crippen LogP contribution in [0, 0.1) is 6.92 Å². The van der Waals surface area contributed by atoms with Gasteiger partial charge in [0.25, 0.3) is 0 Å². The van der Waals surface area contributed by atoms with Crippen molar-refractivity contribution in [3.8, 4) is 5.88 Å². The van der Waals surface area contributed by atoms with E-state index in [1.807, 2.05) is 13.0 Å². The van der Waals surface area contributed by atoms with Crippen molar-refractivity contribution >= 4 is 5.95 Å². The Labute approximate surface area is 127 Å². The second kappa shape index (κ2) is 7.56. The van der Waals surface area contributed by atoms with E-state index in [2.05, 4.69) is 26.7 Å². The van der Waals surface area contributed by atoms with Gasteiger partial charge in [-0.25, -0.2) is 4.98 Å². The van der Waals surface area contributed by atoms with E-state index < -0.39 is 0 Å². The van der Waals surface area contributed by atoms with Crippen LogP contribution in [0.4, 0.5) is 5.95 Å². The molecule has 2 N–H and O–H groups in total. The van der Waals surface area contributed by atoms with E-state index >= 15 is 0 Å². The van der Waals surface area contributed by atoms with Crippen molar-refractivity contribution in [2.24, 2.45) is 5.73 Å². The summed E-state index contributed by atoms with van der Waals surface area (Å²) in [7, 11) is 1.64. The molecule has 0 saturated carbocycles. The minimum Gasteiger partial charge on any atom is -0.481 e. The lowest BCUT2D eigenvalue weighted by molar-refractivity contribution is 0.178. The van der Waals surface area contributed by atoms with Gasteiger partial charge in [0.2, 0.25) is 11.8 Å². The number of hydrogen-bond acceptors (Lipinski definition) is 6. The minimum absolute atomic E-state index is 0.505. The molecule has 1 unspecified atom stereocenters. The Kier molecular flexibility index (Phi) is 5.76. The number of aryl methyl sites for hydroxylation is 1. The van der Waals surface area contributed by atoms with Gasteiger partial charge in [0.05, 0.1) is 7.11 Å². The number of methoxy groups -OCH3 is 1. The van der Waals surface area contributed by atoms with Crippen LogP contribution in [0.1, 0.15) is 25.5 Å². The lowest BCUT2D eigenvalue weighted by atomic mass is 10.1. The van der Waals surface area contributed by atoms with Gasteiger partial charge < -0.3 is 15.4 Å². The molecule has 2 rings (SSSR count). The van der Waals surface area contributed by atoms with E-state index in [1.54, 1.807) is 7.11 Å². The fourth-order valence-corrected chi connectivity index (χ4v) is 2.84. The van der Waals surface area contributed by atoms with E-state index in [0.717, 1.165) is 44.4 Å². The zero-order valence-electron chi connectivity index (χ0n) is 13.4. The zero-order valence-corrected chi connectivity index (χ0v) is 13.4. The molecule has 1 aliphatic heterocycles. The molecule has 1 aliphatic rings. The normalized spacial score (nSPS) is 17.8. The first-order valence-electron chi connectivity index (χ1n) is 7.76. The second-order valence-electron chi connectivity index (χ2n) is 5.55. The molecule has 21 heavy (non-hydrogen) atoms. The number of piperazine rings is 1. The summed E-state index contributed by atoms with van der Waals surface area (Å²) in [5.74, 6) is 1.40. The molecule has 1 fully saturated rings. The van der Waals surface area contributed by atoms with Gasteiger partial charge >= 0.3 is 0 Å². The highest BCUT2D eigenvalue weighted by Crippen LogP contribution is 2.18. The Morgan fingerprint density at radius 3 is 2.57 bits per heavy atom. The van der Waals surface area contributed by atoms with Crippen LogP contribution in [-0.4, -0.2) is 60.7 Å². The molecule has 1 aromatic heterocycles. The average molecular weight is 293 g/mol. The van der Waals surface area contributed by atoms with Crippen molar-refractivity contribution in [2.45, 2.75) is 32.7 Å². The fourth-order valence-electron chi connectivity index (χ4n) is 2.84. The van der Waals surface area contributed by atoms with Gasteiger partial charge in [-0.3, -0.25) is 4.90 Å². The molecule has 0 amide bonds. The third-order valence-electron chi connectivity index (χ3n) is 4.04. The molecule has 0 aliphatic carbocycles. The monoisotopic (exact) mass is 293 g/mol. The van der Waals surface area contributed by atoms with Crippen LogP contribution in [0.5, 0.6) is 5.88 Å². The summed E-state index contributed by atoms with van der Waals surface area (Å²) in [6, 6.07) is 2.36. The Bertz CT molecular complexity index is 446. The maximum Gasteiger partial charge on any atom is 0.228 e. The first-order chi connectivity index (χ1) is 10.2. The quantitative estimate of drug-likeness (QED) is 0.845. The van der Waals surface area contributed by atoms with Gasteiger partial charge in [0, 0.05) is 50.5 Å². The van der Waals surface area contributed by atoms with Crippen LogP contribution in [0.15, 0.2) is 6.07 Å². The summed E-state index contributed by atoms with van der Waals surface area (Å²) in [6.07, 6.45) is 2.35. The molecule has 2 heterocycles. The van der Waals surface area contributed by atoms with Gasteiger partial charge in [-0.05, 0) is 13.3 Å². The topological polar surface area (TPSA) is 67.5 Å². The van der Waals surface area contributed by atoms with Gasteiger partial charge in [-0.2, -0.15) is 4.98 Å². The summed E-state index contributed by atoms with van der Waals surface area (Å²) in [6.45, 7) is 8.83. The van der Waals surface area contributed by atoms with E-state index in [0.29, 0.717) is 11.9 Å². The van der Waals surface area contributed by atoms with E-state index in [-0.39, 0.29) is 0 Å². The van der Waals surface area contributed by atoms with Crippen LogP contribution in [0.3, 0.4) is 0 Å². The molecule has 0 spiro atoms. The molecule has 6 heteroatoms. The maximum atomic E-state index is 5.90. The molecule has 0 bridgehead atoms. The highest BCUT2D eigenvalue weighted by atomic mass is 16.5. The Balaban J connectivity index is 1.99. The molecular formula is C15H27N5O. The van der Waals surface area contributed by atoms with E-state index in [9.17, 15) is 0 Å².